The number of benzene rings is 3. The summed E-state index contributed by atoms with van der Waals surface area (Å²) in [4.78, 5) is 12.2. The van der Waals surface area contributed by atoms with Crippen LogP contribution >= 0.6 is 11.6 Å². The Hall–Kier alpha value is -2.52. The number of amides is 2. The zero-order chi connectivity index (χ0) is 15.5. The Bertz CT molecular complexity index is 828. The van der Waals surface area contributed by atoms with Crippen molar-refractivity contribution in [2.45, 2.75) is 6.92 Å². The summed E-state index contributed by atoms with van der Waals surface area (Å²) in [6.45, 7) is 1.98. The quantitative estimate of drug-likeness (QED) is 0.649. The molecule has 0 fully saturated rings. The van der Waals surface area contributed by atoms with Gasteiger partial charge in [0.25, 0.3) is 0 Å². The molecule has 0 saturated heterocycles. The van der Waals surface area contributed by atoms with E-state index in [2.05, 4.69) is 10.6 Å². The minimum atomic E-state index is -0.276. The van der Waals surface area contributed by atoms with Gasteiger partial charge < -0.3 is 10.6 Å². The normalized spacial score (nSPS) is 10.5. The molecule has 0 bridgehead atoms. The largest absolute Gasteiger partial charge is 0.323 e. The molecule has 0 aliphatic carbocycles. The molecule has 3 rings (SSSR count). The van der Waals surface area contributed by atoms with Gasteiger partial charge in [0.05, 0.1) is 5.69 Å². The highest BCUT2D eigenvalue weighted by molar-refractivity contribution is 6.30. The Morgan fingerprint density at radius 3 is 2.41 bits per heavy atom. The van der Waals surface area contributed by atoms with E-state index in [0.717, 1.165) is 22.0 Å². The van der Waals surface area contributed by atoms with Gasteiger partial charge in [0.1, 0.15) is 0 Å². The van der Waals surface area contributed by atoms with Crippen LogP contribution < -0.4 is 10.6 Å². The van der Waals surface area contributed by atoms with E-state index in [0.29, 0.717) is 10.7 Å². The summed E-state index contributed by atoms with van der Waals surface area (Å²) in [5.41, 5.74) is 2.54. The van der Waals surface area contributed by atoms with Crippen molar-refractivity contribution in [3.63, 3.8) is 0 Å². The third-order valence-corrected chi connectivity index (χ3v) is 3.73. The molecule has 0 aliphatic rings. The molecule has 0 unspecified atom stereocenters. The second-order valence-electron chi connectivity index (χ2n) is 5.06. The van der Waals surface area contributed by atoms with Crippen LogP contribution in [-0.4, -0.2) is 6.03 Å². The topological polar surface area (TPSA) is 41.1 Å². The Kier molecular flexibility index (Phi) is 3.98. The smallest absolute Gasteiger partial charge is 0.308 e. The minimum Gasteiger partial charge on any atom is -0.308 e. The molecule has 0 aliphatic heterocycles. The summed E-state index contributed by atoms with van der Waals surface area (Å²) in [7, 11) is 0. The number of nitrogens with one attached hydrogen (secondary N) is 2. The second kappa shape index (κ2) is 6.08. The summed E-state index contributed by atoms with van der Waals surface area (Å²) in [6, 6.07) is 18.7. The number of carbonyl (C=O) groups is 1. The number of fused-ring (bicyclic) bond motifs is 1. The van der Waals surface area contributed by atoms with E-state index in [1.54, 1.807) is 24.3 Å². The van der Waals surface area contributed by atoms with Crippen LogP contribution in [0.4, 0.5) is 16.2 Å². The number of aryl methyl sites for hydroxylation is 1. The molecule has 3 aromatic rings. The van der Waals surface area contributed by atoms with Gasteiger partial charge >= 0.3 is 6.03 Å². The molecule has 22 heavy (non-hydrogen) atoms. The summed E-state index contributed by atoms with van der Waals surface area (Å²) in [5, 5.41) is 8.48. The lowest BCUT2D eigenvalue weighted by molar-refractivity contribution is 0.262. The fraction of sp³-hybridized carbons (Fsp3) is 0.0556. The third-order valence-electron chi connectivity index (χ3n) is 3.48. The van der Waals surface area contributed by atoms with E-state index in [1.807, 2.05) is 43.3 Å². The van der Waals surface area contributed by atoms with Crippen LogP contribution in [0.2, 0.25) is 5.02 Å². The molecular formula is C18H15ClN2O. The number of urea groups is 1. The maximum Gasteiger partial charge on any atom is 0.323 e. The first-order chi connectivity index (χ1) is 10.6. The molecule has 0 aromatic heterocycles. The zero-order valence-electron chi connectivity index (χ0n) is 12.1. The number of hydrogen-bond acceptors (Lipinski definition) is 1. The zero-order valence-corrected chi connectivity index (χ0v) is 12.8. The molecule has 2 amide bonds. The number of rotatable bonds is 2. The third kappa shape index (κ3) is 3.05. The van der Waals surface area contributed by atoms with Gasteiger partial charge in [-0.2, -0.15) is 0 Å². The maximum atomic E-state index is 12.2. The predicted molar refractivity (Wildman–Crippen MR) is 92.8 cm³/mol. The van der Waals surface area contributed by atoms with E-state index in [9.17, 15) is 4.79 Å². The molecule has 0 heterocycles. The number of halogens is 1. The summed E-state index contributed by atoms with van der Waals surface area (Å²) in [6.07, 6.45) is 0. The maximum absolute atomic E-state index is 12.2. The molecule has 0 spiro atoms. The van der Waals surface area contributed by atoms with Crippen molar-refractivity contribution in [3.8, 4) is 0 Å². The van der Waals surface area contributed by atoms with Crippen molar-refractivity contribution in [1.82, 2.24) is 0 Å². The fourth-order valence-electron chi connectivity index (χ4n) is 2.36. The molecule has 110 valence electrons. The number of carbonyl (C=O) groups excluding carboxylic acids is 1. The average molecular weight is 311 g/mol. The van der Waals surface area contributed by atoms with Gasteiger partial charge in [-0.05, 0) is 42.1 Å². The molecule has 3 aromatic carbocycles. The lowest BCUT2D eigenvalue weighted by atomic mass is 10.0. The first-order valence-corrected chi connectivity index (χ1v) is 7.33. The van der Waals surface area contributed by atoms with Crippen LogP contribution in [0.25, 0.3) is 10.8 Å². The van der Waals surface area contributed by atoms with Gasteiger partial charge in [0.15, 0.2) is 0 Å². The van der Waals surface area contributed by atoms with E-state index >= 15 is 0 Å². The SMILES string of the molecule is Cc1ccc2ccccc2c1NC(=O)Nc1ccc(Cl)cc1. The van der Waals surface area contributed by atoms with Crippen LogP contribution in [0.5, 0.6) is 0 Å². The van der Waals surface area contributed by atoms with Gasteiger partial charge in [0, 0.05) is 16.1 Å². The Balaban J connectivity index is 1.85. The van der Waals surface area contributed by atoms with Crippen molar-refractivity contribution in [3.05, 3.63) is 71.2 Å². The summed E-state index contributed by atoms with van der Waals surface area (Å²) < 4.78 is 0. The minimum absolute atomic E-state index is 0.276. The van der Waals surface area contributed by atoms with E-state index in [4.69, 9.17) is 11.6 Å². The van der Waals surface area contributed by atoms with Crippen LogP contribution in [0.3, 0.4) is 0 Å². The van der Waals surface area contributed by atoms with Gasteiger partial charge in [-0.25, -0.2) is 4.79 Å². The van der Waals surface area contributed by atoms with Crippen LogP contribution in [-0.2, 0) is 0 Å². The van der Waals surface area contributed by atoms with E-state index < -0.39 is 0 Å². The fourth-order valence-corrected chi connectivity index (χ4v) is 2.48. The van der Waals surface area contributed by atoms with Crippen LogP contribution in [0.1, 0.15) is 5.56 Å². The van der Waals surface area contributed by atoms with Crippen molar-refractivity contribution in [1.29, 1.82) is 0 Å². The second-order valence-corrected chi connectivity index (χ2v) is 5.50. The van der Waals surface area contributed by atoms with Gasteiger partial charge in [-0.15, -0.1) is 0 Å². The van der Waals surface area contributed by atoms with E-state index in [-0.39, 0.29) is 6.03 Å². The number of hydrogen-bond donors (Lipinski definition) is 2. The van der Waals surface area contributed by atoms with Gasteiger partial charge in [0.2, 0.25) is 0 Å². The Morgan fingerprint density at radius 2 is 1.64 bits per heavy atom. The molecule has 2 N–H and O–H groups in total. The van der Waals surface area contributed by atoms with Gasteiger partial charge in [-0.3, -0.25) is 0 Å². The molecular weight excluding hydrogens is 296 g/mol. The molecule has 0 atom stereocenters. The van der Waals surface area contributed by atoms with Gasteiger partial charge in [-0.1, -0.05) is 48.0 Å². The monoisotopic (exact) mass is 310 g/mol. The molecule has 0 saturated carbocycles. The van der Waals surface area contributed by atoms with E-state index in [1.165, 1.54) is 0 Å². The molecule has 0 radical (unpaired) electrons. The van der Waals surface area contributed by atoms with Crippen molar-refractivity contribution < 1.29 is 4.79 Å². The lowest BCUT2D eigenvalue weighted by Gasteiger charge is -2.13. The standard InChI is InChI=1S/C18H15ClN2O/c1-12-6-7-13-4-2-3-5-16(13)17(12)21-18(22)20-15-10-8-14(19)9-11-15/h2-11H,1H3,(H2,20,21,22). The van der Waals surface area contributed by atoms with Crippen molar-refractivity contribution >= 4 is 39.8 Å². The summed E-state index contributed by atoms with van der Waals surface area (Å²) >= 11 is 5.84. The number of anilines is 2. The first kappa shape index (κ1) is 14.4. The Labute approximate surface area is 133 Å². The molecule has 3 nitrogen and oxygen atoms in total. The Morgan fingerprint density at radius 1 is 0.909 bits per heavy atom. The predicted octanol–water partition coefficient (Wildman–Crippen LogP) is 5.45. The molecule has 4 heteroatoms. The highest BCUT2D eigenvalue weighted by Gasteiger charge is 2.08. The highest BCUT2D eigenvalue weighted by Crippen LogP contribution is 2.27. The van der Waals surface area contributed by atoms with Crippen LogP contribution in [0.15, 0.2) is 60.7 Å². The average Bonchev–Trinajstić information content (AvgIpc) is 2.52. The van der Waals surface area contributed by atoms with Crippen molar-refractivity contribution in [2.75, 3.05) is 10.6 Å². The summed E-state index contributed by atoms with van der Waals surface area (Å²) in [5.74, 6) is 0. The highest BCUT2D eigenvalue weighted by atomic mass is 35.5. The lowest BCUT2D eigenvalue weighted by Crippen LogP contribution is -2.20. The van der Waals surface area contributed by atoms with Crippen molar-refractivity contribution in [2.24, 2.45) is 0 Å². The van der Waals surface area contributed by atoms with Crippen LogP contribution in [0, 0.1) is 6.92 Å². The first-order valence-electron chi connectivity index (χ1n) is 6.95.